The number of nitrogens with zero attached hydrogens (tertiary/aromatic N) is 1. The van der Waals surface area contributed by atoms with Crippen LogP contribution in [0.1, 0.15) is 5.56 Å². The second-order valence-corrected chi connectivity index (χ2v) is 5.66. The minimum absolute atomic E-state index is 0.305. The summed E-state index contributed by atoms with van der Waals surface area (Å²) < 4.78 is 24.0. The molecule has 1 aliphatic heterocycles. The average Bonchev–Trinajstić information content (AvgIpc) is 2.25. The molecule has 0 aromatic heterocycles. The quantitative estimate of drug-likeness (QED) is 0.786. The van der Waals surface area contributed by atoms with Gasteiger partial charge < -0.3 is 5.73 Å². The van der Waals surface area contributed by atoms with Gasteiger partial charge in [-0.3, -0.25) is 9.11 Å². The number of anilines is 1. The average molecular weight is 242 g/mol. The third-order valence-electron chi connectivity index (χ3n) is 2.77. The summed E-state index contributed by atoms with van der Waals surface area (Å²) >= 11 is 0. The molecule has 0 saturated carbocycles. The Labute approximate surface area is 96.9 Å². The molecule has 1 fully saturated rings. The summed E-state index contributed by atoms with van der Waals surface area (Å²) in [6.07, 6.45) is 0. The smallest absolute Gasteiger partial charge is 0.125 e. The van der Waals surface area contributed by atoms with Crippen LogP contribution in [0.5, 0.6) is 0 Å². The van der Waals surface area contributed by atoms with Crippen molar-refractivity contribution < 1.29 is 8.60 Å². The lowest BCUT2D eigenvalue weighted by atomic mass is 10.1. The zero-order valence-electron chi connectivity index (χ0n) is 8.99. The molecule has 5 heteroatoms. The number of benzene rings is 1. The molecule has 16 heavy (non-hydrogen) atoms. The van der Waals surface area contributed by atoms with Crippen LogP contribution in [-0.2, 0) is 17.3 Å². The van der Waals surface area contributed by atoms with Crippen LogP contribution in [0.2, 0.25) is 0 Å². The first-order chi connectivity index (χ1) is 7.65. The van der Waals surface area contributed by atoms with Crippen molar-refractivity contribution in [1.82, 2.24) is 4.90 Å². The summed E-state index contributed by atoms with van der Waals surface area (Å²) in [5.74, 6) is 1.14. The van der Waals surface area contributed by atoms with E-state index in [1.54, 1.807) is 6.07 Å². The van der Waals surface area contributed by atoms with Crippen molar-refractivity contribution in [2.45, 2.75) is 6.54 Å². The van der Waals surface area contributed by atoms with Gasteiger partial charge in [-0.05, 0) is 17.7 Å². The number of hydrogen-bond donors (Lipinski definition) is 1. The lowest BCUT2D eigenvalue weighted by Crippen LogP contribution is -2.37. The van der Waals surface area contributed by atoms with Crippen LogP contribution in [0.4, 0.5) is 10.1 Å². The van der Waals surface area contributed by atoms with Gasteiger partial charge in [-0.2, -0.15) is 0 Å². The summed E-state index contributed by atoms with van der Waals surface area (Å²) in [5, 5.41) is 0. The number of nitrogens with two attached hydrogens (primary N) is 1. The van der Waals surface area contributed by atoms with Gasteiger partial charge >= 0.3 is 0 Å². The zero-order chi connectivity index (χ0) is 11.5. The summed E-state index contributed by atoms with van der Waals surface area (Å²) in [6, 6.07) is 4.49. The van der Waals surface area contributed by atoms with Crippen molar-refractivity contribution in [3.8, 4) is 0 Å². The van der Waals surface area contributed by atoms with Gasteiger partial charge in [0, 0.05) is 47.6 Å². The van der Waals surface area contributed by atoms with Crippen molar-refractivity contribution in [2.24, 2.45) is 0 Å². The monoisotopic (exact) mass is 242 g/mol. The molecule has 1 saturated heterocycles. The second-order valence-electron chi connectivity index (χ2n) is 3.97. The maximum Gasteiger partial charge on any atom is 0.125 e. The molecule has 0 radical (unpaired) electrons. The highest BCUT2D eigenvalue weighted by atomic mass is 32.2. The molecule has 0 spiro atoms. The Hall–Kier alpha value is -0.940. The summed E-state index contributed by atoms with van der Waals surface area (Å²) in [7, 11) is -0.661. The lowest BCUT2D eigenvalue weighted by molar-refractivity contribution is 0.292. The Bertz CT molecular complexity index is 401. The molecule has 3 nitrogen and oxygen atoms in total. The largest absolute Gasteiger partial charge is 0.398 e. The van der Waals surface area contributed by atoms with Crippen molar-refractivity contribution >= 4 is 16.5 Å². The van der Waals surface area contributed by atoms with E-state index in [0.717, 1.165) is 30.2 Å². The highest BCUT2D eigenvalue weighted by Gasteiger charge is 2.15. The highest BCUT2D eigenvalue weighted by Crippen LogP contribution is 2.16. The van der Waals surface area contributed by atoms with Gasteiger partial charge in [-0.15, -0.1) is 0 Å². The van der Waals surface area contributed by atoms with Crippen LogP contribution in [0.15, 0.2) is 18.2 Å². The van der Waals surface area contributed by atoms with Crippen molar-refractivity contribution in [3.63, 3.8) is 0 Å². The Kier molecular flexibility index (Phi) is 3.56. The molecule has 0 bridgehead atoms. The maximum atomic E-state index is 12.8. The second kappa shape index (κ2) is 4.93. The molecule has 0 aliphatic carbocycles. The molecular formula is C11H15FN2OS. The first-order valence-electron chi connectivity index (χ1n) is 5.26. The Balaban J connectivity index is 2.01. The van der Waals surface area contributed by atoms with E-state index in [1.165, 1.54) is 12.1 Å². The van der Waals surface area contributed by atoms with E-state index < -0.39 is 10.8 Å². The van der Waals surface area contributed by atoms with E-state index in [4.69, 9.17) is 5.73 Å². The number of hydrogen-bond acceptors (Lipinski definition) is 3. The van der Waals surface area contributed by atoms with Gasteiger partial charge in [-0.1, -0.05) is 6.07 Å². The van der Waals surface area contributed by atoms with Crippen LogP contribution in [0.25, 0.3) is 0 Å². The lowest BCUT2D eigenvalue weighted by Gasteiger charge is -2.26. The van der Waals surface area contributed by atoms with Gasteiger partial charge in [0.2, 0.25) is 0 Å². The molecule has 88 valence electrons. The zero-order valence-corrected chi connectivity index (χ0v) is 9.80. The number of nitrogen functional groups attached to an aromatic ring is 1. The molecule has 1 heterocycles. The maximum absolute atomic E-state index is 12.8. The molecule has 0 amide bonds. The van der Waals surface area contributed by atoms with E-state index in [2.05, 4.69) is 4.90 Å². The van der Waals surface area contributed by atoms with Gasteiger partial charge in [0.25, 0.3) is 0 Å². The normalized spacial score (nSPS) is 18.8. The van der Waals surface area contributed by atoms with Crippen LogP contribution in [-0.4, -0.2) is 33.7 Å². The summed E-state index contributed by atoms with van der Waals surface area (Å²) in [6.45, 7) is 2.36. The van der Waals surface area contributed by atoms with E-state index >= 15 is 0 Å². The minimum atomic E-state index is -0.661. The SMILES string of the molecule is Nc1cc(F)ccc1CN1CCS(=O)CC1. The molecule has 1 aromatic carbocycles. The van der Waals surface area contributed by atoms with E-state index in [0.29, 0.717) is 12.2 Å². The molecule has 1 aliphatic rings. The standard InChI is InChI=1S/C11H15FN2OS/c12-10-2-1-9(11(13)7-10)8-14-3-5-16(15)6-4-14/h1-2,7H,3-6,8,13H2. The van der Waals surface area contributed by atoms with Gasteiger partial charge in [0.05, 0.1) is 0 Å². The van der Waals surface area contributed by atoms with Crippen LogP contribution in [0.3, 0.4) is 0 Å². The van der Waals surface area contributed by atoms with Crippen LogP contribution in [0, 0.1) is 5.82 Å². The fourth-order valence-electron chi connectivity index (χ4n) is 1.78. The summed E-state index contributed by atoms with van der Waals surface area (Å²) in [5.41, 5.74) is 7.17. The Morgan fingerprint density at radius 2 is 2.06 bits per heavy atom. The summed E-state index contributed by atoms with van der Waals surface area (Å²) in [4.78, 5) is 2.20. The highest BCUT2D eigenvalue weighted by molar-refractivity contribution is 7.85. The van der Waals surface area contributed by atoms with Gasteiger partial charge in [0.15, 0.2) is 0 Å². The predicted molar refractivity (Wildman–Crippen MR) is 64.0 cm³/mol. The van der Waals surface area contributed by atoms with Crippen LogP contribution < -0.4 is 5.73 Å². The first-order valence-corrected chi connectivity index (χ1v) is 6.75. The topological polar surface area (TPSA) is 46.3 Å². The van der Waals surface area contributed by atoms with Gasteiger partial charge in [-0.25, -0.2) is 4.39 Å². The molecule has 0 unspecified atom stereocenters. The Morgan fingerprint density at radius 3 is 2.69 bits per heavy atom. The molecule has 2 N–H and O–H groups in total. The molecule has 0 atom stereocenters. The van der Waals surface area contributed by atoms with E-state index in [-0.39, 0.29) is 5.82 Å². The fraction of sp³-hybridized carbons (Fsp3) is 0.455. The minimum Gasteiger partial charge on any atom is -0.398 e. The molecular weight excluding hydrogens is 227 g/mol. The molecule has 1 aromatic rings. The van der Waals surface area contributed by atoms with Gasteiger partial charge in [0.1, 0.15) is 5.82 Å². The predicted octanol–water partition coefficient (Wildman–Crippen LogP) is 0.972. The third kappa shape index (κ3) is 2.80. The van der Waals surface area contributed by atoms with E-state index in [1.807, 2.05) is 0 Å². The van der Waals surface area contributed by atoms with Crippen molar-refractivity contribution in [3.05, 3.63) is 29.6 Å². The Morgan fingerprint density at radius 1 is 1.38 bits per heavy atom. The molecule has 2 rings (SSSR count). The number of halogens is 1. The van der Waals surface area contributed by atoms with Crippen LogP contribution >= 0.6 is 0 Å². The number of rotatable bonds is 2. The fourth-order valence-corrected chi connectivity index (χ4v) is 2.91. The van der Waals surface area contributed by atoms with E-state index in [9.17, 15) is 8.60 Å². The third-order valence-corrected chi connectivity index (χ3v) is 4.05. The van der Waals surface area contributed by atoms with Crippen molar-refractivity contribution in [1.29, 1.82) is 0 Å². The van der Waals surface area contributed by atoms with Crippen molar-refractivity contribution in [2.75, 3.05) is 30.3 Å². The first kappa shape index (κ1) is 11.5.